The van der Waals surface area contributed by atoms with Gasteiger partial charge in [-0.3, -0.25) is 14.3 Å². The minimum absolute atomic E-state index is 0.174. The summed E-state index contributed by atoms with van der Waals surface area (Å²) in [6.45, 7) is 8.13. The minimum Gasteiger partial charge on any atom is -0.368 e. The van der Waals surface area contributed by atoms with Crippen molar-refractivity contribution in [1.29, 1.82) is 0 Å². The van der Waals surface area contributed by atoms with E-state index in [4.69, 9.17) is 34.8 Å². The van der Waals surface area contributed by atoms with Gasteiger partial charge in [0, 0.05) is 42.1 Å². The summed E-state index contributed by atoms with van der Waals surface area (Å²) in [4.78, 5) is 24.7. The maximum absolute atomic E-state index is 12.4. The van der Waals surface area contributed by atoms with E-state index >= 15 is 0 Å². The zero-order chi connectivity index (χ0) is 23.2. The van der Waals surface area contributed by atoms with Gasteiger partial charge in [-0.15, -0.1) is 0 Å². The number of nitrogens with one attached hydrogen (secondary N) is 2. The number of benzene rings is 1. The Hall–Kier alpha value is -3.86. The maximum Gasteiger partial charge on any atom is 0.255 e. The van der Waals surface area contributed by atoms with Crippen molar-refractivity contribution in [2.45, 2.75) is 0 Å². The van der Waals surface area contributed by atoms with Crippen molar-refractivity contribution >= 4 is 40.5 Å². The van der Waals surface area contributed by atoms with E-state index < -0.39 is 0 Å². The molecule has 9 heteroatoms. The van der Waals surface area contributed by atoms with E-state index in [2.05, 4.69) is 20.5 Å². The third kappa shape index (κ3) is 5.32. The Labute approximate surface area is 200 Å². The molecule has 0 aliphatic heterocycles. The Balaban J connectivity index is 1.57. The van der Waals surface area contributed by atoms with Crippen molar-refractivity contribution in [1.82, 2.24) is 14.5 Å². The van der Waals surface area contributed by atoms with Gasteiger partial charge in [0.1, 0.15) is 11.6 Å². The van der Waals surface area contributed by atoms with E-state index in [9.17, 15) is 4.79 Å². The second-order valence-corrected chi connectivity index (χ2v) is 7.81. The maximum atomic E-state index is 12.4. The lowest BCUT2D eigenvalue weighted by Crippen LogP contribution is -2.18. The van der Waals surface area contributed by atoms with Crippen molar-refractivity contribution in [3.05, 3.63) is 105 Å². The Morgan fingerprint density at radius 3 is 2.45 bits per heavy atom. The lowest BCUT2D eigenvalue weighted by molar-refractivity contribution is 0.978. The normalized spacial score (nSPS) is 10.5. The van der Waals surface area contributed by atoms with Crippen molar-refractivity contribution in [2.24, 2.45) is 0 Å². The molecular formula is C24H18Cl2N6O. The zero-order valence-electron chi connectivity index (χ0n) is 17.3. The van der Waals surface area contributed by atoms with Crippen LogP contribution in [0.5, 0.6) is 0 Å². The molecule has 0 atom stereocenters. The van der Waals surface area contributed by atoms with Crippen LogP contribution in [0.2, 0.25) is 10.0 Å². The van der Waals surface area contributed by atoms with Gasteiger partial charge in [-0.25, -0.2) is 9.83 Å². The van der Waals surface area contributed by atoms with Crippen LogP contribution in [0.1, 0.15) is 0 Å². The number of rotatable bonds is 7. The highest BCUT2D eigenvalue weighted by atomic mass is 35.5. The van der Waals surface area contributed by atoms with Crippen LogP contribution in [-0.4, -0.2) is 27.6 Å². The molecule has 0 radical (unpaired) electrons. The minimum atomic E-state index is -0.174. The third-order valence-electron chi connectivity index (χ3n) is 4.76. The molecule has 0 amide bonds. The molecule has 2 N–H and O–H groups in total. The van der Waals surface area contributed by atoms with E-state index in [0.717, 1.165) is 0 Å². The first-order valence-electron chi connectivity index (χ1n) is 10.0. The Morgan fingerprint density at radius 2 is 1.76 bits per heavy atom. The van der Waals surface area contributed by atoms with Gasteiger partial charge >= 0.3 is 0 Å². The predicted octanol–water partition coefficient (Wildman–Crippen LogP) is 5.68. The third-order valence-corrected chi connectivity index (χ3v) is 5.30. The van der Waals surface area contributed by atoms with Gasteiger partial charge in [0.2, 0.25) is 5.69 Å². The molecule has 4 aromatic rings. The average molecular weight is 477 g/mol. The van der Waals surface area contributed by atoms with E-state index in [1.807, 2.05) is 12.1 Å². The number of anilines is 2. The average Bonchev–Trinajstić information content (AvgIpc) is 2.83. The fourth-order valence-corrected chi connectivity index (χ4v) is 3.69. The van der Waals surface area contributed by atoms with Gasteiger partial charge in [0.25, 0.3) is 5.56 Å². The summed E-state index contributed by atoms with van der Waals surface area (Å²) < 4.78 is 1.52. The van der Waals surface area contributed by atoms with Crippen LogP contribution in [0.25, 0.3) is 21.8 Å². The van der Waals surface area contributed by atoms with E-state index in [1.165, 1.54) is 16.8 Å². The van der Waals surface area contributed by atoms with Crippen molar-refractivity contribution in [2.75, 3.05) is 23.7 Å². The van der Waals surface area contributed by atoms with Crippen molar-refractivity contribution in [3.63, 3.8) is 0 Å². The molecule has 0 saturated carbocycles. The molecule has 0 unspecified atom stereocenters. The molecule has 0 saturated heterocycles. The molecule has 0 fully saturated rings. The summed E-state index contributed by atoms with van der Waals surface area (Å²) in [5.41, 5.74) is 2.15. The summed E-state index contributed by atoms with van der Waals surface area (Å²) in [6.07, 6.45) is 3.21. The summed E-state index contributed by atoms with van der Waals surface area (Å²) in [7, 11) is 0. The molecule has 0 aliphatic rings. The molecule has 3 aromatic heterocycles. The van der Waals surface area contributed by atoms with Crippen LogP contribution < -0.4 is 16.2 Å². The van der Waals surface area contributed by atoms with Crippen LogP contribution in [0.4, 0.5) is 17.3 Å². The van der Waals surface area contributed by atoms with Gasteiger partial charge in [-0.2, -0.15) is 0 Å². The van der Waals surface area contributed by atoms with Gasteiger partial charge in [-0.1, -0.05) is 35.3 Å². The summed E-state index contributed by atoms with van der Waals surface area (Å²) >= 11 is 12.5. The van der Waals surface area contributed by atoms with Gasteiger partial charge in [0.15, 0.2) is 0 Å². The lowest BCUT2D eigenvalue weighted by Gasteiger charge is -2.15. The molecule has 0 bridgehead atoms. The summed E-state index contributed by atoms with van der Waals surface area (Å²) in [6, 6.07) is 17.2. The molecule has 0 aliphatic carbocycles. The number of hydrogen-bond donors (Lipinski definition) is 2. The Morgan fingerprint density at radius 1 is 0.970 bits per heavy atom. The van der Waals surface area contributed by atoms with E-state index in [-0.39, 0.29) is 5.56 Å². The van der Waals surface area contributed by atoms with Crippen LogP contribution in [-0.2, 0) is 0 Å². The second kappa shape index (κ2) is 10.2. The first kappa shape index (κ1) is 22.3. The van der Waals surface area contributed by atoms with Gasteiger partial charge < -0.3 is 10.6 Å². The molecule has 7 nitrogen and oxygen atoms in total. The molecule has 164 valence electrons. The van der Waals surface area contributed by atoms with Crippen LogP contribution in [0.3, 0.4) is 0 Å². The molecule has 0 spiro atoms. The largest absolute Gasteiger partial charge is 0.368 e. The molecule has 33 heavy (non-hydrogen) atoms. The van der Waals surface area contributed by atoms with Crippen LogP contribution in [0.15, 0.2) is 77.9 Å². The molecule has 3 heterocycles. The lowest BCUT2D eigenvalue weighted by atomic mass is 10.1. The highest BCUT2D eigenvalue weighted by Crippen LogP contribution is 2.33. The molecule has 1 aromatic carbocycles. The number of aromatic nitrogens is 3. The fraction of sp³-hybridized carbons (Fsp3) is 0.0833. The predicted molar refractivity (Wildman–Crippen MR) is 133 cm³/mol. The van der Waals surface area contributed by atoms with Crippen molar-refractivity contribution < 1.29 is 0 Å². The topological polar surface area (TPSA) is 76.2 Å². The smallest absolute Gasteiger partial charge is 0.255 e. The number of hydrogen-bond acceptors (Lipinski definition) is 5. The SMILES string of the molecule is [C-]#[N+]c1ccc(NCCNc2ccc(-n3ccccc3=O)c(-c3ccc(Cl)cc3Cl)n2)nc1. The van der Waals surface area contributed by atoms with E-state index in [1.54, 1.807) is 48.7 Å². The van der Waals surface area contributed by atoms with E-state index in [0.29, 0.717) is 57.4 Å². The van der Waals surface area contributed by atoms with Gasteiger partial charge in [-0.05, 0) is 42.5 Å². The zero-order valence-corrected chi connectivity index (χ0v) is 18.8. The number of pyridine rings is 3. The fourth-order valence-electron chi connectivity index (χ4n) is 3.19. The standard InChI is InChI=1S/C24H18Cl2N6O/c1-27-17-6-9-21(30-15-17)28-11-12-29-22-10-8-20(32-13-3-2-4-23(32)33)24(31-22)18-7-5-16(25)14-19(18)26/h2-10,13-15H,11-12H2,(H,28,30)(H,29,31). The molecule has 4 rings (SSSR count). The highest BCUT2D eigenvalue weighted by Gasteiger charge is 2.14. The summed E-state index contributed by atoms with van der Waals surface area (Å²) in [5.74, 6) is 1.31. The number of halogens is 2. The first-order chi connectivity index (χ1) is 16.0. The monoisotopic (exact) mass is 476 g/mol. The van der Waals surface area contributed by atoms with Crippen LogP contribution >= 0.6 is 23.2 Å². The second-order valence-electron chi connectivity index (χ2n) is 6.96. The van der Waals surface area contributed by atoms with Crippen molar-refractivity contribution in [3.8, 4) is 16.9 Å². The number of nitrogens with zero attached hydrogens (tertiary/aromatic N) is 4. The Bertz CT molecular complexity index is 1380. The summed E-state index contributed by atoms with van der Waals surface area (Å²) in [5, 5.41) is 7.40. The van der Waals surface area contributed by atoms with Crippen LogP contribution in [0, 0.1) is 6.57 Å². The highest BCUT2D eigenvalue weighted by molar-refractivity contribution is 6.36. The van der Waals surface area contributed by atoms with Gasteiger partial charge in [0.05, 0.1) is 23.0 Å². The quantitative estimate of drug-likeness (QED) is 0.265. The first-order valence-corrected chi connectivity index (χ1v) is 10.8. The molecular weight excluding hydrogens is 459 g/mol. The Kier molecular flexibility index (Phi) is 6.89.